The minimum atomic E-state index is -0.00652. The molecule has 0 amide bonds. The number of fused-ring (bicyclic) bond motifs is 7. The summed E-state index contributed by atoms with van der Waals surface area (Å²) in [7, 11) is 0. The summed E-state index contributed by atoms with van der Waals surface area (Å²) in [5.41, 5.74) is 23.4. The molecule has 9 aromatic carbocycles. The van der Waals surface area contributed by atoms with Gasteiger partial charge in [-0.05, 0) is 117 Å². The molecule has 0 fully saturated rings. The number of aryl methyl sites for hydroxylation is 1. The van der Waals surface area contributed by atoms with Gasteiger partial charge >= 0.3 is 0 Å². The Hall–Kier alpha value is -7.56. The van der Waals surface area contributed by atoms with Crippen molar-refractivity contribution in [2.24, 2.45) is 0 Å². The van der Waals surface area contributed by atoms with Gasteiger partial charge in [-0.2, -0.15) is 0 Å². The standard InChI is InChI=1S/C63H54BN3/c1-41-38-59-61-60(39-41)67(54-24-14-9-19-48(54)43-30-34-45(35-31-43)63(5,6)7)58-40-46(65-55-25-15-10-20-49(55)50-21-11-16-26-56(50)65)36-37-52(58)64(61)51-22-12-17-27-57(51)66(59)53-23-13-8-18-47(53)42-28-32-44(33-29-42)62(2,3)4/h8-40H,1-7H3. The fourth-order valence-corrected chi connectivity index (χ4v) is 11.1. The predicted molar refractivity (Wildman–Crippen MR) is 288 cm³/mol. The van der Waals surface area contributed by atoms with Gasteiger partial charge in [-0.1, -0.05) is 187 Å². The average Bonchev–Trinajstić information content (AvgIpc) is 3.68. The highest BCUT2D eigenvalue weighted by Gasteiger charge is 2.44. The van der Waals surface area contributed by atoms with E-state index in [1.807, 2.05) is 0 Å². The number of para-hydroxylation sites is 5. The molecule has 12 rings (SSSR count). The molecule has 3 heterocycles. The second kappa shape index (κ2) is 15.3. The Labute approximate surface area is 395 Å². The number of benzene rings is 9. The van der Waals surface area contributed by atoms with E-state index in [9.17, 15) is 0 Å². The van der Waals surface area contributed by atoms with E-state index in [2.05, 4.69) is 263 Å². The Morgan fingerprint density at radius 3 is 1.33 bits per heavy atom. The first-order valence-corrected chi connectivity index (χ1v) is 23.8. The third kappa shape index (κ3) is 6.56. The number of hydrogen-bond donors (Lipinski definition) is 0. The summed E-state index contributed by atoms with van der Waals surface area (Å²) in [6.07, 6.45) is 0. The molecule has 0 saturated carbocycles. The Bertz CT molecular complexity index is 3510. The Morgan fingerprint density at radius 2 is 0.806 bits per heavy atom. The zero-order chi connectivity index (χ0) is 45.8. The van der Waals surface area contributed by atoms with Gasteiger partial charge in [0.1, 0.15) is 0 Å². The van der Waals surface area contributed by atoms with Gasteiger partial charge in [0, 0.05) is 50.3 Å². The molecule has 324 valence electrons. The van der Waals surface area contributed by atoms with E-state index in [1.165, 1.54) is 106 Å². The first kappa shape index (κ1) is 40.9. The molecule has 4 heteroatoms. The summed E-state index contributed by atoms with van der Waals surface area (Å²) in [5, 5.41) is 2.52. The van der Waals surface area contributed by atoms with Gasteiger partial charge in [0.15, 0.2) is 0 Å². The Kier molecular flexibility index (Phi) is 9.32. The van der Waals surface area contributed by atoms with Crippen molar-refractivity contribution in [3.63, 3.8) is 0 Å². The van der Waals surface area contributed by atoms with Gasteiger partial charge < -0.3 is 14.4 Å². The fourth-order valence-electron chi connectivity index (χ4n) is 11.1. The molecule has 10 aromatic rings. The van der Waals surface area contributed by atoms with Crippen molar-refractivity contribution >= 4 is 79.0 Å². The van der Waals surface area contributed by atoms with Crippen molar-refractivity contribution in [1.82, 2.24) is 4.57 Å². The molecule has 0 aliphatic carbocycles. The maximum atomic E-state index is 2.59. The van der Waals surface area contributed by atoms with Crippen molar-refractivity contribution in [3.8, 4) is 27.9 Å². The summed E-state index contributed by atoms with van der Waals surface area (Å²) in [4.78, 5) is 5.14. The van der Waals surface area contributed by atoms with E-state index < -0.39 is 0 Å². The van der Waals surface area contributed by atoms with E-state index in [1.54, 1.807) is 0 Å². The third-order valence-electron chi connectivity index (χ3n) is 14.4. The van der Waals surface area contributed by atoms with Gasteiger partial charge in [0.25, 0.3) is 6.71 Å². The van der Waals surface area contributed by atoms with Crippen molar-refractivity contribution in [2.45, 2.75) is 59.3 Å². The van der Waals surface area contributed by atoms with Crippen LogP contribution in [0.2, 0.25) is 0 Å². The molecule has 1 aromatic heterocycles. The first-order valence-electron chi connectivity index (χ1n) is 23.8. The Balaban J connectivity index is 1.13. The molecule has 0 N–H and O–H groups in total. The second-order valence-electron chi connectivity index (χ2n) is 20.7. The van der Waals surface area contributed by atoms with Gasteiger partial charge in [-0.15, -0.1) is 0 Å². The van der Waals surface area contributed by atoms with E-state index in [-0.39, 0.29) is 17.5 Å². The molecule has 3 nitrogen and oxygen atoms in total. The largest absolute Gasteiger partial charge is 0.311 e. The van der Waals surface area contributed by atoms with E-state index in [4.69, 9.17) is 0 Å². The number of rotatable bonds is 5. The lowest BCUT2D eigenvalue weighted by Crippen LogP contribution is -2.61. The number of aromatic nitrogens is 1. The maximum Gasteiger partial charge on any atom is 0.252 e. The normalized spacial score (nSPS) is 13.2. The minimum absolute atomic E-state index is 0.00652. The van der Waals surface area contributed by atoms with E-state index >= 15 is 0 Å². The van der Waals surface area contributed by atoms with Gasteiger partial charge in [0.2, 0.25) is 0 Å². The number of anilines is 6. The molecule has 0 spiro atoms. The summed E-state index contributed by atoms with van der Waals surface area (Å²) in [5.74, 6) is 0. The lowest BCUT2D eigenvalue weighted by Gasteiger charge is -2.45. The fraction of sp³-hybridized carbons (Fsp3) is 0.143. The second-order valence-corrected chi connectivity index (χ2v) is 20.7. The van der Waals surface area contributed by atoms with Crippen molar-refractivity contribution in [1.29, 1.82) is 0 Å². The topological polar surface area (TPSA) is 11.4 Å². The molecule has 2 aliphatic rings. The predicted octanol–water partition coefficient (Wildman–Crippen LogP) is 15.1. The van der Waals surface area contributed by atoms with Crippen LogP contribution in [0.25, 0.3) is 49.7 Å². The smallest absolute Gasteiger partial charge is 0.252 e. The zero-order valence-electron chi connectivity index (χ0n) is 39.5. The van der Waals surface area contributed by atoms with Crippen LogP contribution in [0.4, 0.5) is 34.1 Å². The summed E-state index contributed by atoms with van der Waals surface area (Å²) in [6, 6.07) is 75.3. The first-order chi connectivity index (χ1) is 32.4. The summed E-state index contributed by atoms with van der Waals surface area (Å²) in [6.45, 7) is 16.0. The molecule has 2 aliphatic heterocycles. The van der Waals surface area contributed by atoms with Crippen molar-refractivity contribution in [2.75, 3.05) is 9.80 Å². The molecule has 0 unspecified atom stereocenters. The highest BCUT2D eigenvalue weighted by molar-refractivity contribution is 7.00. The molecular formula is C63H54BN3. The van der Waals surface area contributed by atoms with Crippen LogP contribution < -0.4 is 26.2 Å². The number of hydrogen-bond acceptors (Lipinski definition) is 2. The van der Waals surface area contributed by atoms with Gasteiger partial charge in [-0.3, -0.25) is 0 Å². The SMILES string of the molecule is Cc1cc2c3c(c1)N(c1ccccc1-c1ccc(C(C)(C)C)cc1)c1cc(-n4c5ccccc5c5ccccc54)ccc1B3c1ccccc1N2c1ccccc1-c1ccc(C(C)(C)C)cc1. The monoisotopic (exact) mass is 863 g/mol. The van der Waals surface area contributed by atoms with Crippen molar-refractivity contribution < 1.29 is 0 Å². The van der Waals surface area contributed by atoms with Crippen LogP contribution >= 0.6 is 0 Å². The highest BCUT2D eigenvalue weighted by atomic mass is 15.2. The molecule has 67 heavy (non-hydrogen) atoms. The van der Waals surface area contributed by atoms with E-state index in [0.29, 0.717) is 0 Å². The lowest BCUT2D eigenvalue weighted by molar-refractivity contribution is 0.590. The highest BCUT2D eigenvalue weighted by Crippen LogP contribution is 2.49. The van der Waals surface area contributed by atoms with Crippen molar-refractivity contribution in [3.05, 3.63) is 217 Å². The quantitative estimate of drug-likeness (QED) is 0.160. The molecule has 0 bridgehead atoms. The van der Waals surface area contributed by atoms with Crippen LogP contribution in [-0.4, -0.2) is 11.3 Å². The third-order valence-corrected chi connectivity index (χ3v) is 14.4. The van der Waals surface area contributed by atoms with Crippen LogP contribution in [0, 0.1) is 6.92 Å². The maximum absolute atomic E-state index is 2.59. The summed E-state index contributed by atoms with van der Waals surface area (Å²) < 4.78 is 2.46. The Morgan fingerprint density at radius 1 is 0.373 bits per heavy atom. The zero-order valence-corrected chi connectivity index (χ0v) is 39.5. The average molecular weight is 864 g/mol. The molecule has 0 atom stereocenters. The minimum Gasteiger partial charge on any atom is -0.311 e. The molecular weight excluding hydrogens is 810 g/mol. The number of nitrogens with zero attached hydrogens (tertiary/aromatic N) is 3. The van der Waals surface area contributed by atoms with Crippen LogP contribution in [0.3, 0.4) is 0 Å². The van der Waals surface area contributed by atoms with Gasteiger partial charge in [-0.25, -0.2) is 0 Å². The van der Waals surface area contributed by atoms with Crippen LogP contribution in [0.5, 0.6) is 0 Å². The summed E-state index contributed by atoms with van der Waals surface area (Å²) >= 11 is 0. The lowest BCUT2D eigenvalue weighted by atomic mass is 9.33. The molecule has 0 saturated heterocycles. The van der Waals surface area contributed by atoms with Gasteiger partial charge in [0.05, 0.1) is 22.4 Å². The van der Waals surface area contributed by atoms with Crippen LogP contribution in [-0.2, 0) is 10.8 Å². The van der Waals surface area contributed by atoms with E-state index in [0.717, 1.165) is 11.4 Å². The van der Waals surface area contributed by atoms with Crippen LogP contribution in [0.1, 0.15) is 58.2 Å². The molecule has 0 radical (unpaired) electrons. The van der Waals surface area contributed by atoms with Crippen LogP contribution in [0.15, 0.2) is 200 Å².